The Morgan fingerprint density at radius 3 is 3.17 bits per heavy atom. The Labute approximate surface area is 107 Å². The topological polar surface area (TPSA) is 68.5 Å². The summed E-state index contributed by atoms with van der Waals surface area (Å²) in [5, 5.41) is 0. The fraction of sp³-hybridized carbons (Fsp3) is 0.538. The SMILES string of the molecule is C[C@@H](N)C(=O)N1CCC(OCc2ccccn2)C1. The lowest BCUT2D eigenvalue weighted by molar-refractivity contribution is -0.131. The number of likely N-dealkylation sites (tertiary alicyclic amines) is 1. The summed E-state index contributed by atoms with van der Waals surface area (Å²) in [5.74, 6) is -0.000985. The van der Waals surface area contributed by atoms with Gasteiger partial charge in [-0.25, -0.2) is 0 Å². The number of carbonyl (C=O) groups excluding carboxylic acids is 1. The van der Waals surface area contributed by atoms with Crippen LogP contribution >= 0.6 is 0 Å². The highest BCUT2D eigenvalue weighted by Gasteiger charge is 2.28. The largest absolute Gasteiger partial charge is 0.370 e. The Kier molecular flexibility index (Phi) is 4.28. The second-order valence-electron chi connectivity index (χ2n) is 4.62. The van der Waals surface area contributed by atoms with Crippen LogP contribution in [0.25, 0.3) is 0 Å². The van der Waals surface area contributed by atoms with E-state index in [9.17, 15) is 4.79 Å². The van der Waals surface area contributed by atoms with Gasteiger partial charge in [-0.15, -0.1) is 0 Å². The molecule has 0 bridgehead atoms. The van der Waals surface area contributed by atoms with Gasteiger partial charge in [0.15, 0.2) is 0 Å². The number of nitrogens with zero attached hydrogens (tertiary/aromatic N) is 2. The zero-order valence-corrected chi connectivity index (χ0v) is 10.6. The zero-order valence-electron chi connectivity index (χ0n) is 10.6. The van der Waals surface area contributed by atoms with E-state index in [-0.39, 0.29) is 12.0 Å². The summed E-state index contributed by atoms with van der Waals surface area (Å²) in [5.41, 5.74) is 6.50. The maximum absolute atomic E-state index is 11.7. The predicted octanol–water partition coefficient (Wildman–Crippen LogP) is 0.546. The van der Waals surface area contributed by atoms with Crippen molar-refractivity contribution in [1.29, 1.82) is 0 Å². The third kappa shape index (κ3) is 3.27. The van der Waals surface area contributed by atoms with Gasteiger partial charge in [-0.1, -0.05) is 6.07 Å². The Bertz CT molecular complexity index is 394. The third-order valence-corrected chi connectivity index (χ3v) is 3.04. The molecule has 5 heteroatoms. The summed E-state index contributed by atoms with van der Waals surface area (Å²) in [7, 11) is 0. The molecule has 1 unspecified atom stereocenters. The molecule has 1 aromatic heterocycles. The van der Waals surface area contributed by atoms with Gasteiger partial charge in [-0.2, -0.15) is 0 Å². The molecule has 0 saturated carbocycles. The van der Waals surface area contributed by atoms with Crippen molar-refractivity contribution in [2.45, 2.75) is 32.1 Å². The summed E-state index contributed by atoms with van der Waals surface area (Å²) in [6, 6.07) is 5.31. The fourth-order valence-electron chi connectivity index (χ4n) is 2.04. The van der Waals surface area contributed by atoms with Crippen molar-refractivity contribution in [3.8, 4) is 0 Å². The van der Waals surface area contributed by atoms with Crippen molar-refractivity contribution < 1.29 is 9.53 Å². The molecule has 18 heavy (non-hydrogen) atoms. The van der Waals surface area contributed by atoms with Crippen molar-refractivity contribution in [3.63, 3.8) is 0 Å². The van der Waals surface area contributed by atoms with E-state index in [4.69, 9.17) is 10.5 Å². The lowest BCUT2D eigenvalue weighted by Gasteiger charge is -2.18. The molecule has 2 N–H and O–H groups in total. The van der Waals surface area contributed by atoms with Gasteiger partial charge in [0, 0.05) is 19.3 Å². The Balaban J connectivity index is 1.78. The minimum absolute atomic E-state index is 0.000985. The van der Waals surface area contributed by atoms with Gasteiger partial charge < -0.3 is 15.4 Å². The van der Waals surface area contributed by atoms with Crippen molar-refractivity contribution in [1.82, 2.24) is 9.88 Å². The number of nitrogens with two attached hydrogens (primary N) is 1. The minimum Gasteiger partial charge on any atom is -0.370 e. The molecule has 2 heterocycles. The number of amides is 1. The zero-order chi connectivity index (χ0) is 13.0. The molecule has 1 aliphatic heterocycles. The third-order valence-electron chi connectivity index (χ3n) is 3.04. The molecule has 1 fully saturated rings. The number of pyridine rings is 1. The van der Waals surface area contributed by atoms with Gasteiger partial charge in [0.1, 0.15) is 0 Å². The highest BCUT2D eigenvalue weighted by Crippen LogP contribution is 2.14. The van der Waals surface area contributed by atoms with Crippen LogP contribution < -0.4 is 5.73 Å². The van der Waals surface area contributed by atoms with Gasteiger partial charge in [-0.05, 0) is 25.5 Å². The van der Waals surface area contributed by atoms with Crippen LogP contribution in [0.2, 0.25) is 0 Å². The molecule has 2 atom stereocenters. The van der Waals surface area contributed by atoms with Crippen molar-refractivity contribution in [2.75, 3.05) is 13.1 Å². The second-order valence-corrected chi connectivity index (χ2v) is 4.62. The van der Waals surface area contributed by atoms with E-state index in [1.165, 1.54) is 0 Å². The Morgan fingerprint density at radius 2 is 2.50 bits per heavy atom. The monoisotopic (exact) mass is 249 g/mol. The van der Waals surface area contributed by atoms with Crippen LogP contribution in [-0.4, -0.2) is 41.0 Å². The van der Waals surface area contributed by atoms with Crippen LogP contribution in [0.1, 0.15) is 19.0 Å². The molecule has 0 aliphatic carbocycles. The van der Waals surface area contributed by atoms with Gasteiger partial charge in [-0.3, -0.25) is 9.78 Å². The summed E-state index contributed by atoms with van der Waals surface area (Å²) in [6.45, 7) is 3.57. The van der Waals surface area contributed by atoms with E-state index in [0.29, 0.717) is 13.2 Å². The Hall–Kier alpha value is -1.46. The number of hydrogen-bond acceptors (Lipinski definition) is 4. The molecule has 1 aromatic rings. The quantitative estimate of drug-likeness (QED) is 0.846. The van der Waals surface area contributed by atoms with Crippen LogP contribution in [0.3, 0.4) is 0 Å². The van der Waals surface area contributed by atoms with E-state index >= 15 is 0 Å². The van der Waals surface area contributed by atoms with Crippen LogP contribution in [0.15, 0.2) is 24.4 Å². The van der Waals surface area contributed by atoms with E-state index < -0.39 is 6.04 Å². The van der Waals surface area contributed by atoms with Crippen LogP contribution in [0.5, 0.6) is 0 Å². The van der Waals surface area contributed by atoms with Crippen molar-refractivity contribution >= 4 is 5.91 Å². The van der Waals surface area contributed by atoms with Crippen molar-refractivity contribution in [2.24, 2.45) is 5.73 Å². The normalized spacial score (nSPS) is 21.0. The molecule has 0 aromatic carbocycles. The first-order valence-corrected chi connectivity index (χ1v) is 6.22. The van der Waals surface area contributed by atoms with E-state index in [2.05, 4.69) is 4.98 Å². The highest BCUT2D eigenvalue weighted by atomic mass is 16.5. The maximum atomic E-state index is 11.7. The molecule has 1 amide bonds. The summed E-state index contributed by atoms with van der Waals surface area (Å²) < 4.78 is 5.75. The minimum atomic E-state index is -0.431. The lowest BCUT2D eigenvalue weighted by Crippen LogP contribution is -2.41. The number of aromatic nitrogens is 1. The number of carbonyl (C=O) groups is 1. The summed E-state index contributed by atoms with van der Waals surface area (Å²) >= 11 is 0. The predicted molar refractivity (Wildman–Crippen MR) is 67.7 cm³/mol. The second kappa shape index (κ2) is 5.93. The molecule has 0 radical (unpaired) electrons. The fourth-order valence-corrected chi connectivity index (χ4v) is 2.04. The molecule has 0 spiro atoms. The molecule has 1 saturated heterocycles. The average molecular weight is 249 g/mol. The van der Waals surface area contributed by atoms with Gasteiger partial charge >= 0.3 is 0 Å². The van der Waals surface area contributed by atoms with Crippen LogP contribution in [0, 0.1) is 0 Å². The lowest BCUT2D eigenvalue weighted by atomic mass is 10.3. The first-order valence-electron chi connectivity index (χ1n) is 6.22. The number of ether oxygens (including phenoxy) is 1. The summed E-state index contributed by atoms with van der Waals surface area (Å²) in [6.07, 6.45) is 2.71. The van der Waals surface area contributed by atoms with Crippen LogP contribution in [-0.2, 0) is 16.1 Å². The highest BCUT2D eigenvalue weighted by molar-refractivity contribution is 5.81. The first-order chi connectivity index (χ1) is 8.66. The molecule has 1 aliphatic rings. The van der Waals surface area contributed by atoms with Crippen molar-refractivity contribution in [3.05, 3.63) is 30.1 Å². The standard InChI is InChI=1S/C13H19N3O2/c1-10(14)13(17)16-7-5-12(8-16)18-9-11-4-2-3-6-15-11/h2-4,6,10,12H,5,7-9,14H2,1H3/t10-,12?/m1/s1. The number of rotatable bonds is 4. The number of hydrogen-bond donors (Lipinski definition) is 1. The van der Waals surface area contributed by atoms with E-state index in [0.717, 1.165) is 18.7 Å². The van der Waals surface area contributed by atoms with E-state index in [1.54, 1.807) is 18.0 Å². The average Bonchev–Trinajstić information content (AvgIpc) is 2.85. The first kappa shape index (κ1) is 13.0. The van der Waals surface area contributed by atoms with Gasteiger partial charge in [0.25, 0.3) is 0 Å². The molecular weight excluding hydrogens is 230 g/mol. The van der Waals surface area contributed by atoms with Gasteiger partial charge in [0.05, 0.1) is 24.4 Å². The summed E-state index contributed by atoms with van der Waals surface area (Å²) in [4.78, 5) is 17.7. The Morgan fingerprint density at radius 1 is 1.67 bits per heavy atom. The molecule has 98 valence electrons. The molecule has 2 rings (SSSR count). The van der Waals surface area contributed by atoms with Crippen LogP contribution in [0.4, 0.5) is 0 Å². The van der Waals surface area contributed by atoms with E-state index in [1.807, 2.05) is 18.2 Å². The molecule has 5 nitrogen and oxygen atoms in total. The van der Waals surface area contributed by atoms with Gasteiger partial charge in [0.2, 0.25) is 5.91 Å². The smallest absolute Gasteiger partial charge is 0.239 e. The maximum Gasteiger partial charge on any atom is 0.239 e. The molecular formula is C13H19N3O2.